The predicted molar refractivity (Wildman–Crippen MR) is 77.9 cm³/mol. The van der Waals surface area contributed by atoms with E-state index in [2.05, 4.69) is 10.3 Å². The van der Waals surface area contributed by atoms with Crippen LogP contribution >= 0.6 is 0 Å². The van der Waals surface area contributed by atoms with Crippen molar-refractivity contribution in [3.8, 4) is 0 Å². The number of aliphatic hydroxyl groups is 1. The highest BCUT2D eigenvalue weighted by molar-refractivity contribution is 5.46. The molecule has 0 spiro atoms. The average Bonchev–Trinajstić information content (AvgIpc) is 2.87. The summed E-state index contributed by atoms with van der Waals surface area (Å²) in [5, 5.41) is 12.5. The molecule has 20 heavy (non-hydrogen) atoms. The van der Waals surface area contributed by atoms with Gasteiger partial charge < -0.3 is 10.4 Å². The van der Waals surface area contributed by atoms with Crippen molar-refractivity contribution >= 4 is 11.5 Å². The molecule has 0 aliphatic heterocycles. The highest BCUT2D eigenvalue weighted by Gasteiger charge is 2.26. The Morgan fingerprint density at radius 3 is 3.15 bits per heavy atom. The number of rotatable bonds is 4. The van der Waals surface area contributed by atoms with Gasteiger partial charge in [0.1, 0.15) is 11.5 Å². The number of nitrogens with one attached hydrogen (secondary N) is 1. The molecule has 0 amide bonds. The van der Waals surface area contributed by atoms with E-state index in [1.165, 1.54) is 4.40 Å². The van der Waals surface area contributed by atoms with E-state index >= 15 is 0 Å². The molecule has 2 aromatic heterocycles. The third-order valence-electron chi connectivity index (χ3n) is 4.06. The third kappa shape index (κ3) is 2.54. The van der Waals surface area contributed by atoms with Crippen LogP contribution in [-0.2, 0) is 0 Å². The number of fused-ring (bicyclic) bond motifs is 1. The van der Waals surface area contributed by atoms with Gasteiger partial charge in [0.25, 0.3) is 5.56 Å². The number of aromatic nitrogens is 2. The zero-order valence-electron chi connectivity index (χ0n) is 11.3. The quantitative estimate of drug-likeness (QED) is 0.889. The monoisotopic (exact) mass is 273 g/mol. The predicted octanol–water partition coefficient (Wildman–Crippen LogP) is 1.66. The summed E-state index contributed by atoms with van der Waals surface area (Å²) in [6.45, 7) is 0.219. The molecule has 2 N–H and O–H groups in total. The van der Waals surface area contributed by atoms with Crippen LogP contribution in [-0.4, -0.2) is 27.1 Å². The second-order valence-corrected chi connectivity index (χ2v) is 5.36. The molecule has 2 aromatic rings. The number of hydrogen-bond acceptors (Lipinski definition) is 4. The molecule has 0 radical (unpaired) electrons. The van der Waals surface area contributed by atoms with Crippen LogP contribution in [0.15, 0.2) is 35.3 Å². The molecular weight excluding hydrogens is 254 g/mol. The van der Waals surface area contributed by atoms with E-state index in [1.54, 1.807) is 12.3 Å². The fourth-order valence-electron chi connectivity index (χ4n) is 3.06. The lowest BCUT2D eigenvalue weighted by atomic mass is 10.0. The van der Waals surface area contributed by atoms with E-state index in [0.717, 1.165) is 25.7 Å². The lowest BCUT2D eigenvalue weighted by Gasteiger charge is -2.20. The molecule has 1 saturated carbocycles. The average molecular weight is 273 g/mol. The molecule has 2 unspecified atom stereocenters. The number of nitrogens with zero attached hydrogens (tertiary/aromatic N) is 2. The minimum atomic E-state index is -0.0743. The second kappa shape index (κ2) is 5.63. The van der Waals surface area contributed by atoms with Crippen molar-refractivity contribution in [1.29, 1.82) is 0 Å². The van der Waals surface area contributed by atoms with Crippen molar-refractivity contribution in [3.05, 3.63) is 40.8 Å². The van der Waals surface area contributed by atoms with E-state index in [4.69, 9.17) is 5.11 Å². The van der Waals surface area contributed by atoms with Gasteiger partial charge in [-0.2, -0.15) is 0 Å². The zero-order chi connectivity index (χ0) is 13.9. The fourth-order valence-corrected chi connectivity index (χ4v) is 3.06. The van der Waals surface area contributed by atoms with Gasteiger partial charge in [-0.05, 0) is 37.3 Å². The van der Waals surface area contributed by atoms with Gasteiger partial charge in [-0.25, -0.2) is 4.98 Å². The molecule has 0 aromatic carbocycles. The summed E-state index contributed by atoms with van der Waals surface area (Å²) in [6, 6.07) is 7.36. The van der Waals surface area contributed by atoms with Crippen LogP contribution in [0.3, 0.4) is 0 Å². The first-order chi connectivity index (χ1) is 9.78. The Morgan fingerprint density at radius 2 is 2.30 bits per heavy atom. The van der Waals surface area contributed by atoms with E-state index in [9.17, 15) is 4.79 Å². The summed E-state index contributed by atoms with van der Waals surface area (Å²) < 4.78 is 1.53. The minimum Gasteiger partial charge on any atom is -0.396 e. The maximum Gasteiger partial charge on any atom is 0.259 e. The Morgan fingerprint density at radius 1 is 1.40 bits per heavy atom. The van der Waals surface area contributed by atoms with Crippen LogP contribution in [0, 0.1) is 5.92 Å². The van der Waals surface area contributed by atoms with Crippen molar-refractivity contribution in [1.82, 2.24) is 9.38 Å². The van der Waals surface area contributed by atoms with Gasteiger partial charge in [-0.3, -0.25) is 9.20 Å². The van der Waals surface area contributed by atoms with Gasteiger partial charge in [-0.1, -0.05) is 12.5 Å². The Balaban J connectivity index is 1.86. The molecule has 1 fully saturated rings. The van der Waals surface area contributed by atoms with E-state index in [0.29, 0.717) is 23.4 Å². The first-order valence-electron chi connectivity index (χ1n) is 7.14. The van der Waals surface area contributed by atoms with Crippen LogP contribution < -0.4 is 10.9 Å². The van der Waals surface area contributed by atoms with Gasteiger partial charge in [0, 0.05) is 24.9 Å². The number of pyridine rings is 1. The maximum atomic E-state index is 12.0. The summed E-state index contributed by atoms with van der Waals surface area (Å²) >= 11 is 0. The summed E-state index contributed by atoms with van der Waals surface area (Å²) in [4.78, 5) is 16.5. The normalized spacial score (nSPS) is 22.2. The van der Waals surface area contributed by atoms with Crippen molar-refractivity contribution in [2.45, 2.75) is 31.7 Å². The van der Waals surface area contributed by atoms with Crippen molar-refractivity contribution < 1.29 is 5.11 Å². The maximum absolute atomic E-state index is 12.0. The molecule has 0 saturated heterocycles. The lowest BCUT2D eigenvalue weighted by molar-refractivity contribution is 0.254. The molecule has 0 bridgehead atoms. The Hall–Kier alpha value is -1.88. The molecule has 3 rings (SSSR count). The van der Waals surface area contributed by atoms with Crippen molar-refractivity contribution in [2.75, 3.05) is 11.9 Å². The Labute approximate surface area is 117 Å². The molecule has 2 heterocycles. The van der Waals surface area contributed by atoms with Crippen LogP contribution in [0.1, 0.15) is 25.7 Å². The molecule has 1 aliphatic rings. The number of hydrogen-bond donors (Lipinski definition) is 2. The smallest absolute Gasteiger partial charge is 0.259 e. The van der Waals surface area contributed by atoms with Gasteiger partial charge in [0.15, 0.2) is 0 Å². The lowest BCUT2D eigenvalue weighted by Crippen LogP contribution is -2.26. The molecular formula is C15H19N3O2. The first kappa shape index (κ1) is 13.1. The number of anilines is 1. The molecule has 5 nitrogen and oxygen atoms in total. The van der Waals surface area contributed by atoms with Gasteiger partial charge >= 0.3 is 0 Å². The Kier molecular flexibility index (Phi) is 3.69. The minimum absolute atomic E-state index is 0.0743. The first-order valence-corrected chi connectivity index (χ1v) is 7.14. The summed E-state index contributed by atoms with van der Waals surface area (Å²) in [5.41, 5.74) is 0.578. The van der Waals surface area contributed by atoms with E-state index in [1.807, 2.05) is 18.2 Å². The standard InChI is InChI=1S/C15H19N3O2/c19-9-7-11-4-3-5-12(11)16-13-10-15(20)18-8-2-1-6-14(18)17-13/h1-2,6,8,10-12,16,19H,3-5,7,9H2. The third-order valence-corrected chi connectivity index (χ3v) is 4.06. The highest BCUT2D eigenvalue weighted by atomic mass is 16.3. The molecule has 106 valence electrons. The van der Waals surface area contributed by atoms with Crippen LogP contribution in [0.25, 0.3) is 5.65 Å². The van der Waals surface area contributed by atoms with E-state index < -0.39 is 0 Å². The molecule has 2 atom stereocenters. The molecule has 1 aliphatic carbocycles. The number of aliphatic hydroxyl groups excluding tert-OH is 1. The topological polar surface area (TPSA) is 66.6 Å². The summed E-state index contributed by atoms with van der Waals surface area (Å²) in [5.74, 6) is 1.10. The van der Waals surface area contributed by atoms with Crippen molar-refractivity contribution in [2.24, 2.45) is 5.92 Å². The van der Waals surface area contributed by atoms with Gasteiger partial charge in [-0.15, -0.1) is 0 Å². The highest BCUT2D eigenvalue weighted by Crippen LogP contribution is 2.30. The zero-order valence-corrected chi connectivity index (χ0v) is 11.3. The van der Waals surface area contributed by atoms with Crippen LogP contribution in [0.4, 0.5) is 5.82 Å². The second-order valence-electron chi connectivity index (χ2n) is 5.36. The van der Waals surface area contributed by atoms with Gasteiger partial charge in [0.05, 0.1) is 0 Å². The summed E-state index contributed by atoms with van der Waals surface area (Å²) in [6.07, 6.45) is 5.89. The van der Waals surface area contributed by atoms with Crippen molar-refractivity contribution in [3.63, 3.8) is 0 Å². The fraction of sp³-hybridized carbons (Fsp3) is 0.467. The van der Waals surface area contributed by atoms with Crippen LogP contribution in [0.5, 0.6) is 0 Å². The Bertz CT molecular complexity index is 653. The summed E-state index contributed by atoms with van der Waals surface area (Å²) in [7, 11) is 0. The van der Waals surface area contributed by atoms with E-state index in [-0.39, 0.29) is 12.2 Å². The van der Waals surface area contributed by atoms with Crippen LogP contribution in [0.2, 0.25) is 0 Å². The largest absolute Gasteiger partial charge is 0.396 e. The molecule has 5 heteroatoms. The SMILES string of the molecule is O=c1cc(NC2CCCC2CCO)nc2ccccn12. The van der Waals surface area contributed by atoms with Gasteiger partial charge in [0.2, 0.25) is 0 Å².